The van der Waals surface area contributed by atoms with Crippen LogP contribution in [-0.4, -0.2) is 54.4 Å². The van der Waals surface area contributed by atoms with E-state index < -0.39 is 0 Å². The van der Waals surface area contributed by atoms with Gasteiger partial charge in [0.05, 0.1) is 12.7 Å². The van der Waals surface area contributed by atoms with Crippen molar-refractivity contribution in [3.05, 3.63) is 59.0 Å². The third-order valence-corrected chi connectivity index (χ3v) is 5.79. The predicted molar refractivity (Wildman–Crippen MR) is 121 cm³/mol. The zero-order chi connectivity index (χ0) is 20.9. The average molecular weight is 429 g/mol. The number of aromatic nitrogens is 2. The van der Waals surface area contributed by atoms with Crippen molar-refractivity contribution >= 4 is 23.4 Å². The SMILES string of the molecule is CNCC(c1cccc(Cl)c1)N1C=CN(c2nc(NC3CCOCC3)ncc2C)C1. The molecular weight excluding hydrogens is 400 g/mol. The zero-order valence-electron chi connectivity index (χ0n) is 17.5. The molecule has 2 aliphatic rings. The van der Waals surface area contributed by atoms with Crippen molar-refractivity contribution in [2.75, 3.05) is 43.7 Å². The Morgan fingerprint density at radius 2 is 2.10 bits per heavy atom. The van der Waals surface area contributed by atoms with Gasteiger partial charge in [0.1, 0.15) is 5.82 Å². The van der Waals surface area contributed by atoms with Crippen molar-refractivity contribution in [2.45, 2.75) is 31.8 Å². The van der Waals surface area contributed by atoms with E-state index in [9.17, 15) is 0 Å². The van der Waals surface area contributed by atoms with Crippen LogP contribution < -0.4 is 15.5 Å². The molecule has 0 amide bonds. The zero-order valence-corrected chi connectivity index (χ0v) is 18.3. The first kappa shape index (κ1) is 20.9. The second-order valence-corrected chi connectivity index (χ2v) is 8.22. The summed E-state index contributed by atoms with van der Waals surface area (Å²) in [5, 5.41) is 7.52. The standard InChI is InChI=1S/C22H29ClN6O/c1-16-13-25-22(26-19-6-10-30-11-7-19)27-21(16)29-9-8-28(15-29)20(14-24-2)17-4-3-5-18(23)12-17/h3-5,8-9,12-13,19-20,24H,6-7,10-11,14-15H2,1-2H3,(H,25,26,27). The number of halogens is 1. The van der Waals surface area contributed by atoms with E-state index in [-0.39, 0.29) is 6.04 Å². The van der Waals surface area contributed by atoms with E-state index >= 15 is 0 Å². The van der Waals surface area contributed by atoms with Gasteiger partial charge in [0.25, 0.3) is 0 Å². The minimum absolute atomic E-state index is 0.178. The van der Waals surface area contributed by atoms with Crippen LogP contribution in [0.25, 0.3) is 0 Å². The maximum absolute atomic E-state index is 6.24. The third kappa shape index (κ3) is 4.86. The first-order chi connectivity index (χ1) is 14.6. The summed E-state index contributed by atoms with van der Waals surface area (Å²) in [4.78, 5) is 13.8. The number of anilines is 2. The van der Waals surface area contributed by atoms with Gasteiger partial charge in [-0.15, -0.1) is 0 Å². The van der Waals surface area contributed by atoms with Gasteiger partial charge in [0.15, 0.2) is 0 Å². The number of ether oxygens (including phenoxy) is 1. The topological polar surface area (TPSA) is 65.5 Å². The molecule has 0 aliphatic carbocycles. The summed E-state index contributed by atoms with van der Waals surface area (Å²) >= 11 is 6.24. The molecule has 8 heteroatoms. The molecule has 4 rings (SSSR count). The van der Waals surface area contributed by atoms with Crippen LogP contribution in [0, 0.1) is 6.92 Å². The van der Waals surface area contributed by atoms with Crippen molar-refractivity contribution in [3.8, 4) is 0 Å². The van der Waals surface area contributed by atoms with E-state index in [2.05, 4.69) is 43.9 Å². The van der Waals surface area contributed by atoms with Crippen molar-refractivity contribution in [3.63, 3.8) is 0 Å². The number of hydrogen-bond donors (Lipinski definition) is 2. The van der Waals surface area contributed by atoms with Crippen molar-refractivity contribution < 1.29 is 4.74 Å². The van der Waals surface area contributed by atoms with Crippen LogP contribution in [0.4, 0.5) is 11.8 Å². The number of aryl methyl sites for hydroxylation is 1. The fourth-order valence-electron chi connectivity index (χ4n) is 3.93. The number of nitrogens with zero attached hydrogens (tertiary/aromatic N) is 4. The molecule has 1 atom stereocenters. The highest BCUT2D eigenvalue weighted by atomic mass is 35.5. The Labute approximate surface area is 183 Å². The molecule has 2 aromatic rings. The van der Waals surface area contributed by atoms with Crippen LogP contribution in [0.15, 0.2) is 42.9 Å². The largest absolute Gasteiger partial charge is 0.381 e. The summed E-state index contributed by atoms with van der Waals surface area (Å²) in [5.74, 6) is 1.60. The molecular formula is C22H29ClN6O. The molecule has 0 spiro atoms. The van der Waals surface area contributed by atoms with Crippen LogP contribution in [0.5, 0.6) is 0 Å². The summed E-state index contributed by atoms with van der Waals surface area (Å²) < 4.78 is 5.44. The van der Waals surface area contributed by atoms with Crippen LogP contribution in [0.2, 0.25) is 5.02 Å². The molecule has 1 aromatic heterocycles. The molecule has 1 fully saturated rings. The van der Waals surface area contributed by atoms with E-state index in [1.165, 1.54) is 5.56 Å². The number of benzene rings is 1. The highest BCUT2D eigenvalue weighted by molar-refractivity contribution is 6.30. The quantitative estimate of drug-likeness (QED) is 0.699. The average Bonchev–Trinajstić information content (AvgIpc) is 3.24. The first-order valence-corrected chi connectivity index (χ1v) is 10.8. The van der Waals surface area contributed by atoms with E-state index in [1.54, 1.807) is 0 Å². The van der Waals surface area contributed by atoms with E-state index in [0.717, 1.165) is 49.0 Å². The lowest BCUT2D eigenvalue weighted by atomic mass is 10.1. The number of nitrogens with one attached hydrogen (secondary N) is 2. The summed E-state index contributed by atoms with van der Waals surface area (Å²) in [5.41, 5.74) is 2.23. The van der Waals surface area contributed by atoms with Gasteiger partial charge < -0.3 is 25.2 Å². The highest BCUT2D eigenvalue weighted by Crippen LogP contribution is 2.29. The fraction of sp³-hybridized carbons (Fsp3) is 0.455. The number of hydrogen-bond acceptors (Lipinski definition) is 7. The number of likely N-dealkylation sites (N-methyl/N-ethyl adjacent to an activating group) is 1. The van der Waals surface area contributed by atoms with Gasteiger partial charge in [0.2, 0.25) is 5.95 Å². The maximum atomic E-state index is 6.24. The lowest BCUT2D eigenvalue weighted by Gasteiger charge is -2.30. The van der Waals surface area contributed by atoms with Gasteiger partial charge >= 0.3 is 0 Å². The smallest absolute Gasteiger partial charge is 0.224 e. The Morgan fingerprint density at radius 3 is 2.87 bits per heavy atom. The third-order valence-electron chi connectivity index (χ3n) is 5.56. The van der Waals surface area contributed by atoms with Crippen LogP contribution >= 0.6 is 11.6 Å². The Kier molecular flexibility index (Phi) is 6.72. The molecule has 2 N–H and O–H groups in total. The summed E-state index contributed by atoms with van der Waals surface area (Å²) in [6, 6.07) is 8.60. The van der Waals surface area contributed by atoms with Crippen LogP contribution in [-0.2, 0) is 4.74 Å². The summed E-state index contributed by atoms with van der Waals surface area (Å²) in [6.07, 6.45) is 8.06. The second-order valence-electron chi connectivity index (χ2n) is 7.78. The highest BCUT2D eigenvalue weighted by Gasteiger charge is 2.25. The van der Waals surface area contributed by atoms with Crippen molar-refractivity contribution in [1.82, 2.24) is 20.2 Å². The molecule has 3 heterocycles. The molecule has 160 valence electrons. The van der Waals surface area contributed by atoms with E-state index in [0.29, 0.717) is 18.7 Å². The minimum Gasteiger partial charge on any atom is -0.381 e. The Balaban J connectivity index is 1.49. The second kappa shape index (κ2) is 9.64. The Hall–Kier alpha value is -2.35. The lowest BCUT2D eigenvalue weighted by Crippen LogP contribution is -2.34. The van der Waals surface area contributed by atoms with Gasteiger partial charge in [0, 0.05) is 55.0 Å². The molecule has 0 saturated carbocycles. The maximum Gasteiger partial charge on any atom is 0.224 e. The molecule has 1 unspecified atom stereocenters. The lowest BCUT2D eigenvalue weighted by molar-refractivity contribution is 0.0903. The first-order valence-electron chi connectivity index (χ1n) is 10.4. The van der Waals surface area contributed by atoms with Crippen molar-refractivity contribution in [1.29, 1.82) is 0 Å². The Morgan fingerprint density at radius 1 is 1.27 bits per heavy atom. The van der Waals surface area contributed by atoms with Crippen molar-refractivity contribution in [2.24, 2.45) is 0 Å². The minimum atomic E-state index is 0.178. The van der Waals surface area contributed by atoms with Crippen LogP contribution in [0.3, 0.4) is 0 Å². The van der Waals surface area contributed by atoms with Gasteiger partial charge in [-0.3, -0.25) is 0 Å². The molecule has 0 radical (unpaired) electrons. The van der Waals surface area contributed by atoms with Gasteiger partial charge in [-0.1, -0.05) is 23.7 Å². The normalized spacial score (nSPS) is 18.1. The molecule has 1 aromatic carbocycles. The van der Waals surface area contributed by atoms with Gasteiger partial charge in [-0.25, -0.2) is 4.98 Å². The summed E-state index contributed by atoms with van der Waals surface area (Å²) in [7, 11) is 1.97. The Bertz CT molecular complexity index is 886. The van der Waals surface area contributed by atoms with E-state index in [1.807, 2.05) is 38.4 Å². The molecule has 1 saturated heterocycles. The predicted octanol–water partition coefficient (Wildman–Crippen LogP) is 3.54. The number of rotatable bonds is 7. The van der Waals surface area contributed by atoms with Gasteiger partial charge in [-0.05, 0) is 44.5 Å². The summed E-state index contributed by atoms with van der Waals surface area (Å²) in [6.45, 7) is 5.16. The molecule has 30 heavy (non-hydrogen) atoms. The van der Waals surface area contributed by atoms with Gasteiger partial charge in [-0.2, -0.15) is 4.98 Å². The van der Waals surface area contributed by atoms with Crippen LogP contribution in [0.1, 0.15) is 30.0 Å². The molecule has 2 aliphatic heterocycles. The fourth-order valence-corrected chi connectivity index (χ4v) is 4.13. The molecule has 0 bridgehead atoms. The monoisotopic (exact) mass is 428 g/mol. The molecule has 7 nitrogen and oxygen atoms in total. The van der Waals surface area contributed by atoms with E-state index in [4.69, 9.17) is 21.3 Å².